The second-order valence-electron chi connectivity index (χ2n) is 3.81. The molecule has 0 aliphatic rings. The van der Waals surface area contributed by atoms with Gasteiger partial charge in [0.1, 0.15) is 0 Å². The summed E-state index contributed by atoms with van der Waals surface area (Å²) in [4.78, 5) is 2.71. The van der Waals surface area contributed by atoms with E-state index in [9.17, 15) is 0 Å². The van der Waals surface area contributed by atoms with E-state index in [0.717, 1.165) is 5.56 Å². The van der Waals surface area contributed by atoms with Crippen molar-refractivity contribution in [3.8, 4) is 11.1 Å². The van der Waals surface area contributed by atoms with Gasteiger partial charge in [0.2, 0.25) is 0 Å². The van der Waals surface area contributed by atoms with Crippen LogP contribution in [0.2, 0.25) is 0 Å². The molecule has 0 atom stereocenters. The monoisotopic (exact) mass is 235 g/mol. The molecule has 0 N–H and O–H groups in total. The van der Waals surface area contributed by atoms with Crippen molar-refractivity contribution in [1.82, 2.24) is 0 Å². The van der Waals surface area contributed by atoms with Crippen LogP contribution >= 0.6 is 0 Å². The van der Waals surface area contributed by atoms with Crippen molar-refractivity contribution >= 4 is 6.08 Å². The molecule has 0 aromatic heterocycles. The lowest BCUT2D eigenvalue weighted by molar-refractivity contribution is 1.22. The van der Waals surface area contributed by atoms with Gasteiger partial charge in [-0.05, 0) is 28.3 Å². The van der Waals surface area contributed by atoms with E-state index in [1.165, 1.54) is 11.1 Å². The molecule has 0 fully saturated rings. The summed E-state index contributed by atoms with van der Waals surface area (Å²) in [7, 11) is 0. The van der Waals surface area contributed by atoms with Crippen LogP contribution in [0.3, 0.4) is 0 Å². The molecule has 0 heterocycles. The van der Waals surface area contributed by atoms with Gasteiger partial charge >= 0.3 is 0 Å². The lowest BCUT2D eigenvalue weighted by Gasteiger charge is -2.02. The van der Waals surface area contributed by atoms with Crippen LogP contribution in [0.4, 0.5) is 0 Å². The van der Waals surface area contributed by atoms with Crippen molar-refractivity contribution in [2.24, 2.45) is 5.11 Å². The Balaban J connectivity index is 2.20. The predicted molar refractivity (Wildman–Crippen MR) is 74.9 cm³/mol. The Morgan fingerprint density at radius 1 is 1.00 bits per heavy atom. The van der Waals surface area contributed by atoms with Crippen molar-refractivity contribution in [2.45, 2.75) is 0 Å². The van der Waals surface area contributed by atoms with Crippen LogP contribution in [-0.4, -0.2) is 6.54 Å². The lowest BCUT2D eigenvalue weighted by Crippen LogP contribution is -1.79. The highest BCUT2D eigenvalue weighted by molar-refractivity contribution is 5.67. The Hall–Kier alpha value is -2.51. The zero-order chi connectivity index (χ0) is 12.6. The predicted octanol–water partition coefficient (Wildman–Crippen LogP) is 4.68. The molecule has 0 bridgehead atoms. The number of azide groups is 1. The molecule has 3 nitrogen and oxygen atoms in total. The summed E-state index contributed by atoms with van der Waals surface area (Å²) < 4.78 is 0. The van der Waals surface area contributed by atoms with E-state index in [1.54, 1.807) is 0 Å². The average molecular weight is 235 g/mol. The van der Waals surface area contributed by atoms with E-state index in [1.807, 2.05) is 42.5 Å². The second-order valence-corrected chi connectivity index (χ2v) is 3.81. The van der Waals surface area contributed by atoms with Crippen LogP contribution in [0.15, 0.2) is 65.8 Å². The largest absolute Gasteiger partial charge is 0.0899 e. The van der Waals surface area contributed by atoms with E-state index in [2.05, 4.69) is 34.3 Å². The summed E-state index contributed by atoms with van der Waals surface area (Å²) in [6.07, 6.45) is 3.81. The van der Waals surface area contributed by atoms with Gasteiger partial charge in [-0.15, -0.1) is 0 Å². The van der Waals surface area contributed by atoms with Crippen LogP contribution in [0.5, 0.6) is 0 Å². The van der Waals surface area contributed by atoms with Gasteiger partial charge in [-0.2, -0.15) is 0 Å². The first-order valence-corrected chi connectivity index (χ1v) is 5.73. The fourth-order valence-electron chi connectivity index (χ4n) is 1.72. The zero-order valence-electron chi connectivity index (χ0n) is 9.90. The fourth-order valence-corrected chi connectivity index (χ4v) is 1.72. The van der Waals surface area contributed by atoms with Crippen LogP contribution < -0.4 is 0 Å². The normalized spacial score (nSPS) is 10.2. The third-order valence-electron chi connectivity index (χ3n) is 2.55. The van der Waals surface area contributed by atoms with Crippen molar-refractivity contribution in [3.05, 3.63) is 76.7 Å². The third kappa shape index (κ3) is 3.24. The number of hydrogen-bond acceptors (Lipinski definition) is 1. The highest BCUT2D eigenvalue weighted by atomic mass is 15.1. The van der Waals surface area contributed by atoms with E-state index in [-0.39, 0.29) is 0 Å². The molecule has 3 heteroatoms. The van der Waals surface area contributed by atoms with Gasteiger partial charge in [0, 0.05) is 11.5 Å². The minimum Gasteiger partial charge on any atom is -0.0899 e. The van der Waals surface area contributed by atoms with Crippen molar-refractivity contribution < 1.29 is 0 Å². The van der Waals surface area contributed by atoms with Crippen molar-refractivity contribution in [1.29, 1.82) is 0 Å². The lowest BCUT2D eigenvalue weighted by atomic mass is 10.0. The molecule has 0 saturated heterocycles. The van der Waals surface area contributed by atoms with E-state index in [4.69, 9.17) is 5.53 Å². The number of rotatable bonds is 4. The standard InChI is InChI=1S/C15H13N3/c16-18-17-11-5-7-13-6-4-10-15(12-13)14-8-2-1-3-9-14/h1-10,12H,11H2. The van der Waals surface area contributed by atoms with Gasteiger partial charge in [0.25, 0.3) is 0 Å². The summed E-state index contributed by atoms with van der Waals surface area (Å²) in [6, 6.07) is 18.5. The first kappa shape index (κ1) is 12.0. The van der Waals surface area contributed by atoms with Gasteiger partial charge in [0.15, 0.2) is 0 Å². The van der Waals surface area contributed by atoms with Gasteiger partial charge in [0.05, 0.1) is 0 Å². The number of nitrogens with zero attached hydrogens (tertiary/aromatic N) is 3. The SMILES string of the molecule is [N-]=[N+]=NCC=Cc1cccc(-c2ccccc2)c1. The van der Waals surface area contributed by atoms with Crippen LogP contribution in [0.25, 0.3) is 27.6 Å². The smallest absolute Gasteiger partial charge is 0.0443 e. The number of benzene rings is 2. The Bertz CT molecular complexity index is 582. The molecule has 2 rings (SSSR count). The maximum absolute atomic E-state index is 8.18. The maximum atomic E-state index is 8.18. The molecule has 0 aliphatic heterocycles. The topological polar surface area (TPSA) is 48.8 Å². The molecule has 18 heavy (non-hydrogen) atoms. The maximum Gasteiger partial charge on any atom is 0.0443 e. The summed E-state index contributed by atoms with van der Waals surface area (Å²) in [5, 5.41) is 3.46. The summed E-state index contributed by atoms with van der Waals surface area (Å²) >= 11 is 0. The van der Waals surface area contributed by atoms with Crippen molar-refractivity contribution in [2.75, 3.05) is 6.54 Å². The van der Waals surface area contributed by atoms with Crippen LogP contribution in [0, 0.1) is 0 Å². The molecule has 0 aliphatic carbocycles. The first-order valence-electron chi connectivity index (χ1n) is 5.73. The molecule has 0 radical (unpaired) electrons. The van der Waals surface area contributed by atoms with Gasteiger partial charge in [-0.1, -0.05) is 65.8 Å². The highest BCUT2D eigenvalue weighted by Crippen LogP contribution is 2.20. The summed E-state index contributed by atoms with van der Waals surface area (Å²) in [6.45, 7) is 0.381. The molecule has 88 valence electrons. The summed E-state index contributed by atoms with van der Waals surface area (Å²) in [5.74, 6) is 0. The summed E-state index contributed by atoms with van der Waals surface area (Å²) in [5.41, 5.74) is 11.7. The van der Waals surface area contributed by atoms with E-state index in [0.29, 0.717) is 6.54 Å². The Morgan fingerprint density at radius 2 is 1.78 bits per heavy atom. The molecule has 0 spiro atoms. The molecular formula is C15H13N3. The molecule has 0 unspecified atom stereocenters. The van der Waals surface area contributed by atoms with Crippen LogP contribution in [0.1, 0.15) is 5.56 Å². The molecule has 0 amide bonds. The first-order chi connectivity index (χ1) is 8.90. The average Bonchev–Trinajstić information content (AvgIpc) is 2.45. The highest BCUT2D eigenvalue weighted by Gasteiger charge is 1.96. The zero-order valence-corrected chi connectivity index (χ0v) is 9.90. The molecule has 2 aromatic rings. The van der Waals surface area contributed by atoms with Gasteiger partial charge < -0.3 is 0 Å². The third-order valence-corrected chi connectivity index (χ3v) is 2.55. The Labute approximate surface area is 106 Å². The van der Waals surface area contributed by atoms with E-state index < -0.39 is 0 Å². The van der Waals surface area contributed by atoms with Gasteiger partial charge in [-0.3, -0.25) is 0 Å². The number of hydrogen-bond donors (Lipinski definition) is 0. The van der Waals surface area contributed by atoms with Gasteiger partial charge in [-0.25, -0.2) is 0 Å². The minimum absolute atomic E-state index is 0.381. The minimum atomic E-state index is 0.381. The second kappa shape index (κ2) is 6.28. The fraction of sp³-hybridized carbons (Fsp3) is 0.0667. The van der Waals surface area contributed by atoms with Crippen LogP contribution in [-0.2, 0) is 0 Å². The quantitative estimate of drug-likeness (QED) is 0.420. The van der Waals surface area contributed by atoms with Crippen molar-refractivity contribution in [3.63, 3.8) is 0 Å². The van der Waals surface area contributed by atoms with E-state index >= 15 is 0 Å². The Kier molecular flexibility index (Phi) is 4.17. The molecule has 2 aromatic carbocycles. The molecular weight excluding hydrogens is 222 g/mol. The Morgan fingerprint density at radius 3 is 2.56 bits per heavy atom. The molecule has 0 saturated carbocycles.